The minimum atomic E-state index is -4.48. The van der Waals surface area contributed by atoms with E-state index in [1.165, 1.54) is 0 Å². The van der Waals surface area contributed by atoms with E-state index in [1.807, 2.05) is 7.05 Å². The Kier molecular flexibility index (Phi) is 7.28. The second kappa shape index (κ2) is 9.92. The molecule has 2 aliphatic rings. The van der Waals surface area contributed by atoms with Gasteiger partial charge < -0.3 is 14.4 Å². The molecule has 1 aliphatic carbocycles. The molecule has 2 aromatic rings. The lowest BCUT2D eigenvalue weighted by molar-refractivity contribution is -0.0324. The van der Waals surface area contributed by atoms with Crippen molar-refractivity contribution in [3.05, 3.63) is 22.7 Å². The third kappa shape index (κ3) is 6.05. The molecule has 0 amide bonds. The molecule has 190 valence electrons. The van der Waals surface area contributed by atoms with Crippen molar-refractivity contribution in [2.75, 3.05) is 16.7 Å². The minimum absolute atomic E-state index is 0.0692. The van der Waals surface area contributed by atoms with Gasteiger partial charge in [-0.2, -0.15) is 13.2 Å². The first kappa shape index (κ1) is 25.7. The highest BCUT2D eigenvalue weighted by atomic mass is 32.2. The van der Waals surface area contributed by atoms with Crippen LogP contribution < -0.4 is 9.62 Å². The summed E-state index contributed by atoms with van der Waals surface area (Å²) in [7, 11) is 1.93. The lowest BCUT2D eigenvalue weighted by Gasteiger charge is -2.45. The predicted octanol–water partition coefficient (Wildman–Crippen LogP) is 7.35. The van der Waals surface area contributed by atoms with Crippen LogP contribution in [-0.2, 0) is 4.74 Å². The molecule has 0 bridgehead atoms. The fourth-order valence-electron chi connectivity index (χ4n) is 4.52. The fourth-order valence-corrected chi connectivity index (χ4v) is 5.46. The van der Waals surface area contributed by atoms with E-state index in [4.69, 9.17) is 4.74 Å². The number of esters is 1. The summed E-state index contributed by atoms with van der Waals surface area (Å²) in [5.41, 5.74) is -2.40. The largest absolute Gasteiger partial charge is 0.461 e. The minimum Gasteiger partial charge on any atom is -0.457 e. The standard InChI is InChI=1S/C22H27F3N6O2S2/c1-12-11-21(2,3)31(4)17-10-16(30-35-22(23,24)25)15(9-14(12)17)26-28-20-29-27-18(34-20)19(32)33-13-7-5-6-8-13/h9-10,12-13,30H,5-8,11H2,1-4H3. The van der Waals surface area contributed by atoms with Gasteiger partial charge in [0.15, 0.2) is 0 Å². The van der Waals surface area contributed by atoms with E-state index in [0.29, 0.717) is 0 Å². The quantitative estimate of drug-likeness (QED) is 0.238. The van der Waals surface area contributed by atoms with Gasteiger partial charge in [0.1, 0.15) is 11.8 Å². The van der Waals surface area contributed by atoms with Crippen LogP contribution in [0.2, 0.25) is 0 Å². The molecule has 13 heteroatoms. The summed E-state index contributed by atoms with van der Waals surface area (Å²) in [5, 5.41) is 16.1. The second-order valence-electron chi connectivity index (χ2n) is 9.46. The van der Waals surface area contributed by atoms with Crippen molar-refractivity contribution < 1.29 is 22.7 Å². The summed E-state index contributed by atoms with van der Waals surface area (Å²) in [6.07, 6.45) is 4.52. The Hall–Kier alpha value is -2.41. The van der Waals surface area contributed by atoms with Crippen molar-refractivity contribution in [3.8, 4) is 0 Å². The number of alkyl halides is 3. The number of fused-ring (bicyclic) bond motifs is 1. The second-order valence-corrected chi connectivity index (χ2v) is 11.3. The normalized spacial score (nSPS) is 20.3. The van der Waals surface area contributed by atoms with Gasteiger partial charge in [0.05, 0.1) is 17.6 Å². The van der Waals surface area contributed by atoms with E-state index < -0.39 is 11.5 Å². The van der Waals surface area contributed by atoms with Crippen molar-refractivity contribution in [1.29, 1.82) is 0 Å². The molecule has 1 aliphatic heterocycles. The Labute approximate surface area is 209 Å². The molecule has 1 unspecified atom stereocenters. The Morgan fingerprint density at radius 1 is 1.26 bits per heavy atom. The highest BCUT2D eigenvalue weighted by molar-refractivity contribution is 8.01. The van der Waals surface area contributed by atoms with E-state index in [1.54, 1.807) is 12.1 Å². The highest BCUT2D eigenvalue weighted by Gasteiger charge is 2.35. The van der Waals surface area contributed by atoms with Crippen LogP contribution in [0.3, 0.4) is 0 Å². The highest BCUT2D eigenvalue weighted by Crippen LogP contribution is 2.47. The maximum Gasteiger partial charge on any atom is 0.461 e. The van der Waals surface area contributed by atoms with E-state index in [9.17, 15) is 18.0 Å². The molecule has 1 aromatic heterocycles. The van der Waals surface area contributed by atoms with Gasteiger partial charge in [-0.15, -0.1) is 20.4 Å². The van der Waals surface area contributed by atoms with Gasteiger partial charge in [0, 0.05) is 18.3 Å². The van der Waals surface area contributed by atoms with Crippen molar-refractivity contribution >= 4 is 51.4 Å². The number of azo groups is 1. The number of carbonyl (C=O) groups is 1. The van der Waals surface area contributed by atoms with Crippen LogP contribution in [0.25, 0.3) is 0 Å². The number of benzene rings is 1. The number of aromatic nitrogens is 2. The van der Waals surface area contributed by atoms with Crippen molar-refractivity contribution in [2.45, 2.75) is 75.9 Å². The van der Waals surface area contributed by atoms with Crippen LogP contribution in [0.15, 0.2) is 22.4 Å². The number of anilines is 2. The Morgan fingerprint density at radius 2 is 1.97 bits per heavy atom. The summed E-state index contributed by atoms with van der Waals surface area (Å²) in [6, 6.07) is 3.43. The summed E-state index contributed by atoms with van der Waals surface area (Å²) >= 11 is 0.567. The zero-order valence-electron chi connectivity index (χ0n) is 19.8. The van der Waals surface area contributed by atoms with Crippen molar-refractivity contribution in [3.63, 3.8) is 0 Å². The number of carbonyl (C=O) groups excluding carboxylic acids is 1. The topological polar surface area (TPSA) is 92.1 Å². The lowest BCUT2D eigenvalue weighted by Crippen LogP contribution is -2.45. The molecule has 35 heavy (non-hydrogen) atoms. The van der Waals surface area contributed by atoms with Crippen molar-refractivity contribution in [1.82, 2.24) is 10.2 Å². The van der Waals surface area contributed by atoms with Gasteiger partial charge in [-0.1, -0.05) is 18.3 Å². The average Bonchev–Trinajstić information content (AvgIpc) is 3.46. The summed E-state index contributed by atoms with van der Waals surface area (Å²) in [4.78, 5) is 14.4. The molecular formula is C22H27F3N6O2S2. The summed E-state index contributed by atoms with van der Waals surface area (Å²) in [5.74, 6) is -0.374. The summed E-state index contributed by atoms with van der Waals surface area (Å²) in [6.45, 7) is 6.28. The number of nitrogens with one attached hydrogen (secondary N) is 1. The fraction of sp³-hybridized carbons (Fsp3) is 0.591. The maximum atomic E-state index is 12.9. The van der Waals surface area contributed by atoms with Crippen LogP contribution in [-0.4, -0.2) is 40.4 Å². The van der Waals surface area contributed by atoms with Gasteiger partial charge in [-0.25, -0.2) is 4.79 Å². The Morgan fingerprint density at radius 3 is 2.66 bits per heavy atom. The first-order valence-electron chi connectivity index (χ1n) is 11.3. The van der Waals surface area contributed by atoms with Gasteiger partial charge in [0.2, 0.25) is 5.01 Å². The Balaban J connectivity index is 1.60. The number of hydrogen-bond acceptors (Lipinski definition) is 10. The molecule has 0 spiro atoms. The van der Waals surface area contributed by atoms with Crippen LogP contribution >= 0.6 is 23.3 Å². The summed E-state index contributed by atoms with van der Waals surface area (Å²) < 4.78 is 46.6. The molecule has 1 fully saturated rings. The van der Waals surface area contributed by atoms with Crippen molar-refractivity contribution in [2.24, 2.45) is 10.2 Å². The molecule has 1 saturated carbocycles. The first-order chi connectivity index (χ1) is 16.4. The predicted molar refractivity (Wildman–Crippen MR) is 131 cm³/mol. The molecule has 4 rings (SSSR count). The zero-order valence-corrected chi connectivity index (χ0v) is 21.5. The smallest absolute Gasteiger partial charge is 0.457 e. The zero-order chi connectivity index (χ0) is 25.4. The first-order valence-corrected chi connectivity index (χ1v) is 12.9. The molecular weight excluding hydrogens is 501 g/mol. The van der Waals surface area contributed by atoms with Crippen LogP contribution in [0.4, 0.5) is 35.4 Å². The maximum absolute atomic E-state index is 12.9. The van der Waals surface area contributed by atoms with Gasteiger partial charge in [0.25, 0.3) is 5.13 Å². The van der Waals surface area contributed by atoms with E-state index in [-0.39, 0.29) is 51.0 Å². The van der Waals surface area contributed by atoms with Gasteiger partial charge in [-0.3, -0.25) is 0 Å². The molecule has 0 radical (unpaired) electrons. The van der Waals surface area contributed by atoms with E-state index >= 15 is 0 Å². The van der Waals surface area contributed by atoms with E-state index in [2.05, 4.69) is 50.8 Å². The number of hydrogen-bond donors (Lipinski definition) is 1. The molecule has 0 saturated heterocycles. The number of nitrogens with zero attached hydrogens (tertiary/aromatic N) is 5. The van der Waals surface area contributed by atoms with Gasteiger partial charge in [-0.05, 0) is 69.6 Å². The third-order valence-corrected chi connectivity index (χ3v) is 7.78. The molecule has 8 nitrogen and oxygen atoms in total. The number of halogens is 3. The van der Waals surface area contributed by atoms with E-state index in [0.717, 1.165) is 54.7 Å². The number of ether oxygens (including phenoxy) is 1. The molecule has 2 heterocycles. The molecule has 1 aromatic carbocycles. The molecule has 1 N–H and O–H groups in total. The third-order valence-electron chi connectivity index (χ3n) is 6.44. The van der Waals surface area contributed by atoms with Crippen LogP contribution in [0.1, 0.15) is 74.2 Å². The average molecular weight is 529 g/mol. The Bertz CT molecular complexity index is 1120. The van der Waals surface area contributed by atoms with Crippen LogP contribution in [0.5, 0.6) is 0 Å². The SMILES string of the molecule is CC1CC(C)(C)N(C)c2cc(NSC(F)(F)F)c(N=Nc3nnc(C(=O)OC4CCCC4)s3)cc21. The van der Waals surface area contributed by atoms with Gasteiger partial charge >= 0.3 is 11.5 Å². The molecule has 1 atom stereocenters. The number of rotatable bonds is 6. The lowest BCUT2D eigenvalue weighted by atomic mass is 9.80. The monoisotopic (exact) mass is 528 g/mol. The van der Waals surface area contributed by atoms with Crippen LogP contribution in [0, 0.1) is 0 Å².